The Balaban J connectivity index is 1.59. The first kappa shape index (κ1) is 22.4. The summed E-state index contributed by atoms with van der Waals surface area (Å²) in [7, 11) is 0. The predicted molar refractivity (Wildman–Crippen MR) is 120 cm³/mol. The highest BCUT2D eigenvalue weighted by Crippen LogP contribution is 2.31. The monoisotopic (exact) mass is 449 g/mol. The van der Waals surface area contributed by atoms with E-state index in [4.69, 9.17) is 4.74 Å². The zero-order chi connectivity index (χ0) is 23.5. The molecule has 0 saturated carbocycles. The van der Waals surface area contributed by atoms with Crippen LogP contribution in [0.2, 0.25) is 0 Å². The molecule has 1 aliphatic rings. The van der Waals surface area contributed by atoms with Crippen LogP contribution in [0, 0.1) is 5.82 Å². The second-order valence-electron chi connectivity index (χ2n) is 8.29. The van der Waals surface area contributed by atoms with E-state index in [0.717, 1.165) is 29.8 Å². The number of carboxylic acids is 1. The maximum absolute atomic E-state index is 14.4. The van der Waals surface area contributed by atoms with Gasteiger partial charge < -0.3 is 14.7 Å². The third-order valence-electron chi connectivity index (χ3n) is 5.57. The molecule has 4 rings (SSSR count). The van der Waals surface area contributed by atoms with Crippen molar-refractivity contribution in [1.29, 1.82) is 0 Å². The lowest BCUT2D eigenvalue weighted by Gasteiger charge is -2.19. The third kappa shape index (κ3) is 5.00. The molecule has 8 heteroatoms. The van der Waals surface area contributed by atoms with E-state index in [-0.39, 0.29) is 18.2 Å². The molecule has 0 spiro atoms. The number of rotatable bonds is 7. The molecule has 7 nitrogen and oxygen atoms in total. The summed E-state index contributed by atoms with van der Waals surface area (Å²) in [4.78, 5) is 25.1. The lowest BCUT2D eigenvalue weighted by atomic mass is 10.1. The molecule has 170 valence electrons. The van der Waals surface area contributed by atoms with Crippen molar-refractivity contribution in [3.63, 3.8) is 0 Å². The largest absolute Gasteiger partial charge is 0.478 e. The minimum absolute atomic E-state index is 0.0161. The molecule has 1 fully saturated rings. The second-order valence-corrected chi connectivity index (χ2v) is 8.29. The van der Waals surface area contributed by atoms with Crippen LogP contribution in [0.1, 0.15) is 54.2 Å². The van der Waals surface area contributed by atoms with Crippen molar-refractivity contribution in [2.75, 3.05) is 6.54 Å². The Kier molecular flexibility index (Phi) is 6.35. The van der Waals surface area contributed by atoms with Crippen molar-refractivity contribution in [2.24, 2.45) is 0 Å². The van der Waals surface area contributed by atoms with Gasteiger partial charge in [0.25, 0.3) is 0 Å². The van der Waals surface area contributed by atoms with Crippen LogP contribution in [0.5, 0.6) is 11.5 Å². The fourth-order valence-electron chi connectivity index (χ4n) is 3.68. The Labute approximate surface area is 190 Å². The lowest BCUT2D eigenvalue weighted by molar-refractivity contribution is -0.128. The van der Waals surface area contributed by atoms with E-state index in [2.05, 4.69) is 24.0 Å². The Bertz CT molecular complexity index is 1180. The number of hydrogen-bond acceptors (Lipinski definition) is 5. The minimum atomic E-state index is -1.39. The molecule has 0 bridgehead atoms. The first-order valence-corrected chi connectivity index (χ1v) is 10.8. The number of hydrogen-bond donors (Lipinski definition) is 1. The van der Waals surface area contributed by atoms with Crippen molar-refractivity contribution in [3.8, 4) is 22.8 Å². The Hall–Kier alpha value is -3.81. The Morgan fingerprint density at radius 3 is 2.48 bits per heavy atom. The molecule has 1 N–H and O–H groups in total. The zero-order valence-corrected chi connectivity index (χ0v) is 18.4. The molecule has 0 unspecified atom stereocenters. The van der Waals surface area contributed by atoms with E-state index >= 15 is 0 Å². The molecule has 0 aliphatic carbocycles. The molecule has 1 amide bonds. The fourth-order valence-corrected chi connectivity index (χ4v) is 3.68. The molecule has 1 aliphatic heterocycles. The van der Waals surface area contributed by atoms with Gasteiger partial charge in [-0.3, -0.25) is 4.79 Å². The molecular formula is C25H24FN3O4. The first-order chi connectivity index (χ1) is 15.8. The van der Waals surface area contributed by atoms with Crippen LogP contribution in [0.3, 0.4) is 0 Å². The van der Waals surface area contributed by atoms with Crippen molar-refractivity contribution in [3.05, 3.63) is 71.2 Å². The number of ether oxygens (including phenoxy) is 1. The van der Waals surface area contributed by atoms with Gasteiger partial charge in [-0.05, 0) is 60.9 Å². The van der Waals surface area contributed by atoms with Gasteiger partial charge in [0.05, 0.1) is 17.0 Å². The maximum atomic E-state index is 14.4. The quantitative estimate of drug-likeness (QED) is 0.545. The van der Waals surface area contributed by atoms with Crippen LogP contribution in [0.4, 0.5) is 4.39 Å². The highest BCUT2D eigenvalue weighted by Gasteiger charge is 2.24. The number of aromatic nitrogens is 2. The first-order valence-electron chi connectivity index (χ1n) is 10.8. The molecule has 0 atom stereocenters. The summed E-state index contributed by atoms with van der Waals surface area (Å²) in [5.74, 6) is -1.34. The summed E-state index contributed by atoms with van der Waals surface area (Å²) in [6.45, 7) is 4.83. The van der Waals surface area contributed by atoms with E-state index < -0.39 is 17.3 Å². The number of carbonyl (C=O) groups is 2. The highest BCUT2D eigenvalue weighted by atomic mass is 19.1. The standard InChI is InChI=1S/C25H24FN3O4/c1-15(2)21-9-10-22(28-27-21)16-5-7-18(8-6-16)33-23-13-19(25(31)32)20(26)12-17(23)14-29-11-3-4-24(29)30/h5-10,12-13,15H,3-4,11,14H2,1-2H3,(H,31,32). The number of halogens is 1. The van der Waals surface area contributed by atoms with Gasteiger partial charge in [-0.1, -0.05) is 13.8 Å². The van der Waals surface area contributed by atoms with Gasteiger partial charge in [0.15, 0.2) is 0 Å². The number of aromatic carboxylic acids is 1. The summed E-state index contributed by atoms with van der Waals surface area (Å²) in [5, 5.41) is 17.8. The van der Waals surface area contributed by atoms with Crippen LogP contribution >= 0.6 is 0 Å². The average molecular weight is 449 g/mol. The van der Waals surface area contributed by atoms with Gasteiger partial charge in [-0.2, -0.15) is 10.2 Å². The van der Waals surface area contributed by atoms with Crippen molar-refractivity contribution >= 4 is 11.9 Å². The second kappa shape index (κ2) is 9.36. The van der Waals surface area contributed by atoms with Gasteiger partial charge in [0.1, 0.15) is 17.3 Å². The molecule has 3 aromatic rings. The Morgan fingerprint density at radius 1 is 1.15 bits per heavy atom. The van der Waals surface area contributed by atoms with E-state index in [1.54, 1.807) is 17.0 Å². The fraction of sp³-hybridized carbons (Fsp3) is 0.280. The van der Waals surface area contributed by atoms with Crippen LogP contribution in [-0.4, -0.2) is 38.6 Å². The SMILES string of the molecule is CC(C)c1ccc(-c2ccc(Oc3cc(C(=O)O)c(F)cc3CN3CCCC3=O)cc2)nn1. The molecule has 2 aromatic carbocycles. The normalized spacial score (nSPS) is 13.6. The Morgan fingerprint density at radius 2 is 1.91 bits per heavy atom. The van der Waals surface area contributed by atoms with Gasteiger partial charge >= 0.3 is 5.97 Å². The van der Waals surface area contributed by atoms with Crippen molar-refractivity contribution in [2.45, 2.75) is 39.2 Å². The number of benzene rings is 2. The smallest absolute Gasteiger partial charge is 0.338 e. The highest BCUT2D eigenvalue weighted by molar-refractivity contribution is 5.88. The molecular weight excluding hydrogens is 425 g/mol. The van der Waals surface area contributed by atoms with E-state index in [9.17, 15) is 19.1 Å². The van der Waals surface area contributed by atoms with Crippen molar-refractivity contribution in [1.82, 2.24) is 15.1 Å². The summed E-state index contributed by atoms with van der Waals surface area (Å²) >= 11 is 0. The number of carboxylic acid groups (broad SMARTS) is 1. The van der Waals surface area contributed by atoms with E-state index in [1.165, 1.54) is 0 Å². The molecule has 1 saturated heterocycles. The molecule has 2 heterocycles. The predicted octanol–water partition coefficient (Wildman–Crippen LogP) is 5.02. The van der Waals surface area contributed by atoms with Crippen LogP contribution in [0.15, 0.2) is 48.5 Å². The molecule has 1 aromatic heterocycles. The third-order valence-corrected chi connectivity index (χ3v) is 5.57. The average Bonchev–Trinajstić information content (AvgIpc) is 3.20. The number of amides is 1. The summed E-state index contributed by atoms with van der Waals surface area (Å²) in [6.07, 6.45) is 1.20. The molecule has 33 heavy (non-hydrogen) atoms. The van der Waals surface area contributed by atoms with Gasteiger partial charge in [0.2, 0.25) is 5.91 Å². The van der Waals surface area contributed by atoms with Crippen molar-refractivity contribution < 1.29 is 23.8 Å². The number of nitrogens with zero attached hydrogens (tertiary/aromatic N) is 3. The number of carbonyl (C=O) groups excluding carboxylic acids is 1. The van der Waals surface area contributed by atoms with Gasteiger partial charge in [-0.25, -0.2) is 9.18 Å². The maximum Gasteiger partial charge on any atom is 0.338 e. The summed E-state index contributed by atoms with van der Waals surface area (Å²) in [5.41, 5.74) is 2.39. The van der Waals surface area contributed by atoms with E-state index in [0.29, 0.717) is 35.9 Å². The lowest BCUT2D eigenvalue weighted by Crippen LogP contribution is -2.24. The number of likely N-dealkylation sites (tertiary alicyclic amines) is 1. The molecule has 0 radical (unpaired) electrons. The topological polar surface area (TPSA) is 92.6 Å². The summed E-state index contributed by atoms with van der Waals surface area (Å²) in [6, 6.07) is 13.2. The minimum Gasteiger partial charge on any atom is -0.478 e. The van der Waals surface area contributed by atoms with Crippen LogP contribution < -0.4 is 4.74 Å². The summed E-state index contributed by atoms with van der Waals surface area (Å²) < 4.78 is 20.3. The zero-order valence-electron chi connectivity index (χ0n) is 18.4. The van der Waals surface area contributed by atoms with Crippen LogP contribution in [-0.2, 0) is 11.3 Å². The van der Waals surface area contributed by atoms with Gasteiger partial charge in [-0.15, -0.1) is 0 Å². The van der Waals surface area contributed by atoms with Crippen LogP contribution in [0.25, 0.3) is 11.3 Å². The van der Waals surface area contributed by atoms with E-state index in [1.807, 2.05) is 24.3 Å². The van der Waals surface area contributed by atoms with Gasteiger partial charge in [0, 0.05) is 30.6 Å².